The minimum absolute atomic E-state index is 0.0980. The number of nitrogen functional groups attached to an aromatic ring is 1. The van der Waals surface area contributed by atoms with Crippen LogP contribution in [0, 0.1) is 6.92 Å². The molecule has 0 atom stereocenters. The highest BCUT2D eigenvalue weighted by Gasteiger charge is 2.17. The van der Waals surface area contributed by atoms with Crippen LogP contribution in [0.25, 0.3) is 22.0 Å². The summed E-state index contributed by atoms with van der Waals surface area (Å²) < 4.78 is 1.71. The van der Waals surface area contributed by atoms with Crippen LogP contribution >= 0.6 is 0 Å². The van der Waals surface area contributed by atoms with Crippen molar-refractivity contribution in [3.05, 3.63) is 54.1 Å². The lowest BCUT2D eigenvalue weighted by atomic mass is 10.0. The zero-order valence-corrected chi connectivity index (χ0v) is 13.6. The fourth-order valence-electron chi connectivity index (χ4n) is 2.76. The normalized spacial score (nSPS) is 10.9. The Bertz CT molecular complexity index is 889. The number of nitrogens with two attached hydrogens (primary N) is 1. The van der Waals surface area contributed by atoms with Gasteiger partial charge in [0.2, 0.25) is 0 Å². The van der Waals surface area contributed by atoms with Gasteiger partial charge in [0.05, 0.1) is 5.39 Å². The first-order valence-electron chi connectivity index (χ1n) is 7.93. The van der Waals surface area contributed by atoms with Crippen LogP contribution in [0.1, 0.15) is 18.4 Å². The molecule has 0 unspecified atom stereocenters. The molecule has 0 fully saturated rings. The molecule has 0 aliphatic heterocycles. The Morgan fingerprint density at radius 1 is 1.12 bits per heavy atom. The summed E-state index contributed by atoms with van der Waals surface area (Å²) in [5.41, 5.74) is 9.32. The smallest absolute Gasteiger partial charge is 0.303 e. The lowest BCUT2D eigenvalue weighted by Gasteiger charge is -2.09. The van der Waals surface area contributed by atoms with Crippen molar-refractivity contribution in [3.8, 4) is 11.3 Å². The molecule has 3 rings (SSSR count). The topological polar surface area (TPSA) is 80.1 Å². The number of carbonyl (C=O) groups is 1. The van der Waals surface area contributed by atoms with Crippen LogP contribution < -0.4 is 10.4 Å². The summed E-state index contributed by atoms with van der Waals surface area (Å²) in [6, 6.07) is 16.1. The van der Waals surface area contributed by atoms with Crippen LogP contribution in [-0.4, -0.2) is 16.2 Å². The van der Waals surface area contributed by atoms with Gasteiger partial charge in [0, 0.05) is 17.4 Å². The largest absolute Gasteiger partial charge is 0.481 e. The summed E-state index contributed by atoms with van der Waals surface area (Å²) in [5, 5.41) is 15.4. The molecular formula is C19H20N3O2+. The Hall–Kier alpha value is -2.95. The molecule has 24 heavy (non-hydrogen) atoms. The summed E-state index contributed by atoms with van der Waals surface area (Å²) in [6.07, 6.45) is 0.587. The maximum atomic E-state index is 10.7. The van der Waals surface area contributed by atoms with Crippen LogP contribution in [-0.2, 0) is 11.3 Å². The van der Waals surface area contributed by atoms with E-state index in [2.05, 4.69) is 12.1 Å². The standard InChI is InChI=1S/C19H19N3O2/c1-13-8-10-14(11-9-13)18-15-5-2-3-6-16(15)19(20)22(21-18)12-4-7-17(23)24/h2-3,5-6,8-11,20H,4,7,12H2,1H3,(H,23,24)/p+1. The molecule has 5 nitrogen and oxygen atoms in total. The summed E-state index contributed by atoms with van der Waals surface area (Å²) >= 11 is 0. The number of hydrogen-bond acceptors (Lipinski definition) is 3. The first-order chi connectivity index (χ1) is 11.6. The van der Waals surface area contributed by atoms with Crippen LogP contribution in [0.3, 0.4) is 0 Å². The number of nitrogens with zero attached hydrogens (tertiary/aromatic N) is 2. The lowest BCUT2D eigenvalue weighted by molar-refractivity contribution is -0.738. The lowest BCUT2D eigenvalue weighted by Crippen LogP contribution is -2.42. The van der Waals surface area contributed by atoms with Gasteiger partial charge in [-0.15, -0.1) is 4.68 Å². The zero-order chi connectivity index (χ0) is 17.1. The van der Waals surface area contributed by atoms with Crippen molar-refractivity contribution < 1.29 is 14.6 Å². The summed E-state index contributed by atoms with van der Waals surface area (Å²) in [6.45, 7) is 2.52. The van der Waals surface area contributed by atoms with Crippen molar-refractivity contribution >= 4 is 22.6 Å². The number of anilines is 1. The molecule has 0 amide bonds. The molecule has 3 N–H and O–H groups in total. The van der Waals surface area contributed by atoms with Gasteiger partial charge in [-0.1, -0.05) is 53.1 Å². The Labute approximate surface area is 140 Å². The number of benzene rings is 2. The highest BCUT2D eigenvalue weighted by molar-refractivity contribution is 5.98. The first-order valence-corrected chi connectivity index (χ1v) is 7.93. The van der Waals surface area contributed by atoms with Gasteiger partial charge in [-0.2, -0.15) is 0 Å². The monoisotopic (exact) mass is 322 g/mol. The minimum atomic E-state index is -0.811. The summed E-state index contributed by atoms with van der Waals surface area (Å²) in [7, 11) is 0. The van der Waals surface area contributed by atoms with Crippen molar-refractivity contribution in [1.29, 1.82) is 0 Å². The number of aromatic nitrogens is 2. The molecule has 1 heterocycles. The van der Waals surface area contributed by atoms with Crippen molar-refractivity contribution in [2.75, 3.05) is 5.73 Å². The average Bonchev–Trinajstić information content (AvgIpc) is 2.58. The fourth-order valence-corrected chi connectivity index (χ4v) is 2.76. The van der Waals surface area contributed by atoms with E-state index in [1.165, 1.54) is 5.56 Å². The Morgan fingerprint density at radius 2 is 1.79 bits per heavy atom. The van der Waals surface area contributed by atoms with Gasteiger partial charge < -0.3 is 5.11 Å². The van der Waals surface area contributed by atoms with Gasteiger partial charge >= 0.3 is 11.8 Å². The van der Waals surface area contributed by atoms with Crippen molar-refractivity contribution in [2.24, 2.45) is 0 Å². The zero-order valence-electron chi connectivity index (χ0n) is 13.6. The number of carboxylic acid groups (broad SMARTS) is 1. The van der Waals surface area contributed by atoms with E-state index < -0.39 is 5.97 Å². The van der Waals surface area contributed by atoms with E-state index >= 15 is 0 Å². The van der Waals surface area contributed by atoms with Crippen LogP contribution in [0.4, 0.5) is 5.82 Å². The molecule has 122 valence electrons. The summed E-state index contributed by atoms with van der Waals surface area (Å²) in [5.74, 6) is -0.249. The van der Waals surface area contributed by atoms with E-state index in [-0.39, 0.29) is 6.42 Å². The number of hydrogen-bond donors (Lipinski definition) is 2. The van der Waals surface area contributed by atoms with E-state index in [0.29, 0.717) is 18.8 Å². The quantitative estimate of drug-likeness (QED) is 0.708. The summed E-state index contributed by atoms with van der Waals surface area (Å²) in [4.78, 5) is 10.7. The molecule has 0 radical (unpaired) electrons. The minimum Gasteiger partial charge on any atom is -0.481 e. The SMILES string of the molecule is Cc1ccc(-c2n[n+](CCCC(=O)O)c(N)c3ccccc23)cc1. The second-order valence-electron chi connectivity index (χ2n) is 5.87. The third-order valence-electron chi connectivity index (χ3n) is 4.04. The second-order valence-corrected chi connectivity index (χ2v) is 5.87. The molecule has 0 aliphatic carbocycles. The molecule has 0 bridgehead atoms. The number of carboxylic acids is 1. The Kier molecular flexibility index (Phi) is 4.42. The molecule has 2 aromatic carbocycles. The van der Waals surface area contributed by atoms with Crippen LogP contribution in [0.2, 0.25) is 0 Å². The van der Waals surface area contributed by atoms with E-state index in [1.54, 1.807) is 4.68 Å². The van der Waals surface area contributed by atoms with E-state index in [9.17, 15) is 4.79 Å². The molecule has 0 saturated heterocycles. The van der Waals surface area contributed by atoms with Gasteiger partial charge in [-0.3, -0.25) is 10.5 Å². The molecule has 0 spiro atoms. The average molecular weight is 322 g/mol. The van der Waals surface area contributed by atoms with Crippen molar-refractivity contribution in [3.63, 3.8) is 0 Å². The molecule has 5 heteroatoms. The number of aryl methyl sites for hydroxylation is 2. The molecule has 0 aliphatic rings. The van der Waals surface area contributed by atoms with Gasteiger partial charge in [0.15, 0.2) is 0 Å². The number of rotatable bonds is 5. The molecular weight excluding hydrogens is 302 g/mol. The fraction of sp³-hybridized carbons (Fsp3) is 0.211. The third kappa shape index (κ3) is 3.20. The van der Waals surface area contributed by atoms with Crippen molar-refractivity contribution in [1.82, 2.24) is 5.10 Å². The van der Waals surface area contributed by atoms with Gasteiger partial charge in [-0.05, 0) is 19.4 Å². The van der Waals surface area contributed by atoms with Crippen LogP contribution in [0.5, 0.6) is 0 Å². The van der Waals surface area contributed by atoms with Gasteiger partial charge in [0.25, 0.3) is 0 Å². The Morgan fingerprint density at radius 3 is 2.46 bits per heavy atom. The number of aliphatic carboxylic acids is 1. The second kappa shape index (κ2) is 6.66. The predicted octanol–water partition coefficient (Wildman–Crippen LogP) is 2.94. The van der Waals surface area contributed by atoms with E-state index in [4.69, 9.17) is 15.9 Å². The number of fused-ring (bicyclic) bond motifs is 1. The molecule has 1 aromatic heterocycles. The van der Waals surface area contributed by atoms with Crippen LogP contribution in [0.15, 0.2) is 48.5 Å². The third-order valence-corrected chi connectivity index (χ3v) is 4.04. The molecule has 0 saturated carbocycles. The maximum absolute atomic E-state index is 10.7. The highest BCUT2D eigenvalue weighted by atomic mass is 16.4. The first kappa shape index (κ1) is 15.9. The van der Waals surface area contributed by atoms with E-state index in [0.717, 1.165) is 22.0 Å². The predicted molar refractivity (Wildman–Crippen MR) is 93.4 cm³/mol. The van der Waals surface area contributed by atoms with Gasteiger partial charge in [0.1, 0.15) is 12.2 Å². The highest BCUT2D eigenvalue weighted by Crippen LogP contribution is 2.28. The van der Waals surface area contributed by atoms with Gasteiger partial charge in [-0.25, -0.2) is 0 Å². The van der Waals surface area contributed by atoms with Crippen molar-refractivity contribution in [2.45, 2.75) is 26.3 Å². The maximum Gasteiger partial charge on any atom is 0.303 e. The molecule has 3 aromatic rings. The Balaban J connectivity index is 2.11. The van der Waals surface area contributed by atoms with E-state index in [1.807, 2.05) is 43.3 Å².